The van der Waals surface area contributed by atoms with E-state index in [1.54, 1.807) is 69.6 Å². The zero-order chi connectivity index (χ0) is 34.1. The minimum absolute atomic E-state index is 0.0135. The maximum absolute atomic E-state index is 13.9. The number of hydrogen-bond donors (Lipinski definition) is 0. The van der Waals surface area contributed by atoms with E-state index in [1.165, 1.54) is 0 Å². The van der Waals surface area contributed by atoms with Gasteiger partial charge in [-0.3, -0.25) is 4.79 Å². The summed E-state index contributed by atoms with van der Waals surface area (Å²) in [6, 6.07) is 5.06. The van der Waals surface area contributed by atoms with Gasteiger partial charge in [-0.05, 0) is 97.8 Å². The minimum Gasteiger partial charge on any atom is -0.493 e. The number of nitrogens with zero attached hydrogens (tertiary/aromatic N) is 1. The molecular formula is C35H55NO9. The molecule has 0 bridgehead atoms. The van der Waals surface area contributed by atoms with Crippen LogP contribution in [0.4, 0.5) is 9.59 Å². The van der Waals surface area contributed by atoms with Gasteiger partial charge in [0.1, 0.15) is 17.3 Å². The monoisotopic (exact) mass is 633 g/mol. The van der Waals surface area contributed by atoms with E-state index in [0.717, 1.165) is 22.5 Å². The summed E-state index contributed by atoms with van der Waals surface area (Å²) >= 11 is 0. The van der Waals surface area contributed by atoms with Gasteiger partial charge in [0, 0.05) is 32.1 Å². The van der Waals surface area contributed by atoms with Crippen LogP contribution in [-0.4, -0.2) is 73.8 Å². The number of benzene rings is 1. The topological polar surface area (TPSA) is 110 Å². The predicted molar refractivity (Wildman–Crippen MR) is 173 cm³/mol. The molecule has 10 nitrogen and oxygen atoms in total. The third kappa shape index (κ3) is 11.9. The van der Waals surface area contributed by atoms with E-state index in [1.807, 2.05) is 18.2 Å². The molecule has 3 atom stereocenters. The van der Waals surface area contributed by atoms with E-state index >= 15 is 0 Å². The molecule has 254 valence electrons. The molecule has 1 aromatic carbocycles. The first-order valence-electron chi connectivity index (χ1n) is 15.8. The van der Waals surface area contributed by atoms with Gasteiger partial charge in [-0.2, -0.15) is 0 Å². The molecule has 0 aliphatic carbocycles. The number of carbonyl (C=O) groups excluding carboxylic acids is 3. The van der Waals surface area contributed by atoms with Crippen LogP contribution < -0.4 is 9.47 Å². The summed E-state index contributed by atoms with van der Waals surface area (Å²) in [6.07, 6.45) is -0.548. The second-order valence-electron chi connectivity index (χ2n) is 14.2. The number of allylic oxidation sites excluding steroid dienone is 1. The molecule has 10 heteroatoms. The molecule has 2 rings (SSSR count). The van der Waals surface area contributed by atoms with Gasteiger partial charge in [0.25, 0.3) is 5.91 Å². The Bertz CT molecular complexity index is 1190. The summed E-state index contributed by atoms with van der Waals surface area (Å²) in [5.74, 6) is 0.973. The smallest absolute Gasteiger partial charge is 0.493 e. The van der Waals surface area contributed by atoms with Gasteiger partial charge in [0.2, 0.25) is 0 Å². The fourth-order valence-electron chi connectivity index (χ4n) is 5.16. The summed E-state index contributed by atoms with van der Waals surface area (Å²) in [4.78, 5) is 41.7. The predicted octanol–water partition coefficient (Wildman–Crippen LogP) is 7.51. The molecule has 0 N–H and O–H groups in total. The number of imide groups is 1. The minimum atomic E-state index is -0.851. The van der Waals surface area contributed by atoms with Crippen molar-refractivity contribution in [2.75, 3.05) is 27.4 Å². The Morgan fingerprint density at radius 1 is 0.956 bits per heavy atom. The Kier molecular flexibility index (Phi) is 13.8. The first-order chi connectivity index (χ1) is 20.9. The molecule has 1 aliphatic heterocycles. The van der Waals surface area contributed by atoms with E-state index in [-0.39, 0.29) is 18.3 Å². The first kappa shape index (κ1) is 37.9. The standard InChI is InChI=1S/C35H55NO9/c1-22(2)25(18-24-14-15-28(41-12)30(19-24)42-17-13-16-40-11)20-27-29(43-33(39)45-35(8,9)10)21-26(23(3)4)31(37)36(27)32(38)44-34(5,6)7/h14-15,19,22,25,27,29H,13,16-18,20-21H2,1-12H3/t25?,27-,29-/m0/s1. The summed E-state index contributed by atoms with van der Waals surface area (Å²) in [5.41, 5.74) is 0.543. The summed E-state index contributed by atoms with van der Waals surface area (Å²) in [7, 11) is 3.26. The lowest BCUT2D eigenvalue weighted by Gasteiger charge is -2.42. The fourth-order valence-corrected chi connectivity index (χ4v) is 5.16. The van der Waals surface area contributed by atoms with Crippen LogP contribution in [0.3, 0.4) is 0 Å². The zero-order valence-electron chi connectivity index (χ0n) is 29.4. The van der Waals surface area contributed by atoms with Crippen molar-refractivity contribution in [3.8, 4) is 11.5 Å². The number of methoxy groups -OCH3 is 2. The van der Waals surface area contributed by atoms with Gasteiger partial charge < -0.3 is 28.4 Å². The SMILES string of the molecule is COCCCOc1cc(CC(C[C@H]2[C@@H](OC(=O)OC(C)(C)C)CC(=C(C)C)C(=O)N2C(=O)OC(C)(C)C)C(C)C)ccc1OC. The Labute approximate surface area is 269 Å². The Balaban J connectivity index is 2.52. The van der Waals surface area contributed by atoms with Gasteiger partial charge in [-0.1, -0.05) is 25.5 Å². The molecule has 0 spiro atoms. The first-order valence-corrected chi connectivity index (χ1v) is 15.8. The molecule has 0 saturated carbocycles. The average molecular weight is 634 g/mol. The van der Waals surface area contributed by atoms with Crippen LogP contribution in [-0.2, 0) is 30.2 Å². The van der Waals surface area contributed by atoms with Gasteiger partial charge in [0.05, 0.1) is 19.8 Å². The number of ether oxygens (including phenoxy) is 6. The lowest BCUT2D eigenvalue weighted by atomic mass is 9.79. The molecule has 45 heavy (non-hydrogen) atoms. The molecule has 2 amide bonds. The second kappa shape index (κ2) is 16.3. The fraction of sp³-hybridized carbons (Fsp3) is 0.686. The summed E-state index contributed by atoms with van der Waals surface area (Å²) in [6.45, 7) is 19.4. The van der Waals surface area contributed by atoms with Crippen LogP contribution in [0.1, 0.15) is 94.1 Å². The van der Waals surface area contributed by atoms with E-state index in [4.69, 9.17) is 28.4 Å². The van der Waals surface area contributed by atoms with Crippen LogP contribution in [0.25, 0.3) is 0 Å². The number of rotatable bonds is 12. The van der Waals surface area contributed by atoms with Gasteiger partial charge >= 0.3 is 12.2 Å². The largest absolute Gasteiger partial charge is 0.509 e. The van der Waals surface area contributed by atoms with E-state index in [9.17, 15) is 14.4 Å². The highest BCUT2D eigenvalue weighted by Crippen LogP contribution is 2.37. The summed E-state index contributed by atoms with van der Waals surface area (Å²) < 4.78 is 33.8. The highest BCUT2D eigenvalue weighted by atomic mass is 16.7. The van der Waals surface area contributed by atoms with Crippen molar-refractivity contribution in [3.05, 3.63) is 34.9 Å². The number of piperidine rings is 1. The third-order valence-corrected chi connectivity index (χ3v) is 7.44. The molecular weight excluding hydrogens is 578 g/mol. The molecule has 1 saturated heterocycles. The van der Waals surface area contributed by atoms with Crippen molar-refractivity contribution in [2.24, 2.45) is 11.8 Å². The van der Waals surface area contributed by atoms with Crippen molar-refractivity contribution in [1.29, 1.82) is 0 Å². The van der Waals surface area contributed by atoms with Crippen molar-refractivity contribution in [3.63, 3.8) is 0 Å². The molecule has 0 aromatic heterocycles. The normalized spacial score (nSPS) is 18.0. The molecule has 1 unspecified atom stereocenters. The van der Waals surface area contributed by atoms with Gasteiger partial charge in [-0.15, -0.1) is 0 Å². The maximum Gasteiger partial charge on any atom is 0.509 e. The van der Waals surface area contributed by atoms with Gasteiger partial charge in [0.15, 0.2) is 11.5 Å². The Hall–Kier alpha value is -3.27. The van der Waals surface area contributed by atoms with Crippen LogP contribution in [0.5, 0.6) is 11.5 Å². The Morgan fingerprint density at radius 3 is 2.13 bits per heavy atom. The number of likely N-dealkylation sites (tertiary alicyclic amines) is 1. The Morgan fingerprint density at radius 2 is 1.60 bits per heavy atom. The van der Waals surface area contributed by atoms with Crippen LogP contribution in [0.2, 0.25) is 0 Å². The average Bonchev–Trinajstić information content (AvgIpc) is 2.89. The third-order valence-electron chi connectivity index (χ3n) is 7.44. The summed E-state index contributed by atoms with van der Waals surface area (Å²) in [5, 5.41) is 0. The number of carbonyl (C=O) groups is 3. The molecule has 1 heterocycles. The molecule has 1 aliphatic rings. The molecule has 1 fully saturated rings. The van der Waals surface area contributed by atoms with Crippen LogP contribution in [0.15, 0.2) is 29.3 Å². The number of amides is 2. The quantitative estimate of drug-likeness (QED) is 0.131. The van der Waals surface area contributed by atoms with E-state index in [2.05, 4.69) is 13.8 Å². The van der Waals surface area contributed by atoms with E-state index < -0.39 is 41.5 Å². The molecule has 1 aromatic rings. The lowest BCUT2D eigenvalue weighted by Crippen LogP contribution is -2.58. The lowest BCUT2D eigenvalue weighted by molar-refractivity contribution is -0.137. The maximum atomic E-state index is 13.9. The van der Waals surface area contributed by atoms with Crippen molar-refractivity contribution >= 4 is 18.2 Å². The van der Waals surface area contributed by atoms with Crippen LogP contribution >= 0.6 is 0 Å². The molecule has 0 radical (unpaired) electrons. The van der Waals surface area contributed by atoms with Crippen molar-refractivity contribution in [1.82, 2.24) is 4.90 Å². The highest BCUT2D eigenvalue weighted by Gasteiger charge is 2.47. The van der Waals surface area contributed by atoms with Gasteiger partial charge in [-0.25, -0.2) is 14.5 Å². The van der Waals surface area contributed by atoms with E-state index in [0.29, 0.717) is 43.1 Å². The zero-order valence-corrected chi connectivity index (χ0v) is 29.4. The van der Waals surface area contributed by atoms with Crippen molar-refractivity contribution in [2.45, 2.75) is 118 Å². The van der Waals surface area contributed by atoms with Crippen molar-refractivity contribution < 1.29 is 42.8 Å². The highest BCUT2D eigenvalue weighted by molar-refractivity contribution is 6.04. The second-order valence-corrected chi connectivity index (χ2v) is 14.2. The number of hydrogen-bond acceptors (Lipinski definition) is 9. The van der Waals surface area contributed by atoms with Crippen LogP contribution in [0, 0.1) is 11.8 Å².